The number of nitrogens with one attached hydrogen (secondary N) is 1. The summed E-state index contributed by atoms with van der Waals surface area (Å²) in [6.45, 7) is 10.1. The lowest BCUT2D eigenvalue weighted by molar-refractivity contribution is 0.0361. The van der Waals surface area contributed by atoms with Crippen LogP contribution in [0.4, 0.5) is 17.5 Å². The van der Waals surface area contributed by atoms with Gasteiger partial charge in [0, 0.05) is 38.0 Å². The quantitative estimate of drug-likeness (QED) is 0.303. The third-order valence-corrected chi connectivity index (χ3v) is 6.74. The summed E-state index contributed by atoms with van der Waals surface area (Å²) >= 11 is 0. The van der Waals surface area contributed by atoms with Crippen LogP contribution in [0.5, 0.6) is 5.75 Å². The van der Waals surface area contributed by atoms with E-state index in [0.717, 1.165) is 72.1 Å². The molecule has 1 saturated heterocycles. The first-order valence-corrected chi connectivity index (χ1v) is 12.9. The fourth-order valence-corrected chi connectivity index (χ4v) is 4.75. The van der Waals surface area contributed by atoms with Gasteiger partial charge in [-0.25, -0.2) is 9.67 Å². The molecular formula is C28H35N7O3. The Bertz CT molecular complexity index is 1360. The van der Waals surface area contributed by atoms with Crippen molar-refractivity contribution in [3.05, 3.63) is 53.6 Å². The minimum Gasteiger partial charge on any atom is -0.491 e. The highest BCUT2D eigenvalue weighted by Gasteiger charge is 2.21. The lowest BCUT2D eigenvalue weighted by atomic mass is 9.98. The number of aromatic nitrogens is 4. The number of nitrogen functional groups attached to an aromatic ring is 1. The maximum Gasteiger partial charge on any atom is 0.229 e. The lowest BCUT2D eigenvalue weighted by Crippen LogP contribution is -2.38. The van der Waals surface area contributed by atoms with E-state index in [1.165, 1.54) is 0 Å². The Kier molecular flexibility index (Phi) is 8.02. The number of anilines is 3. The molecule has 5 rings (SSSR count). The molecule has 3 heterocycles. The fourth-order valence-electron chi connectivity index (χ4n) is 4.75. The Morgan fingerprint density at radius 2 is 1.71 bits per heavy atom. The van der Waals surface area contributed by atoms with Crippen LogP contribution in [0.15, 0.2) is 42.5 Å². The maximum absolute atomic E-state index is 6.50. The molecule has 1 fully saturated rings. The van der Waals surface area contributed by atoms with Gasteiger partial charge in [-0.2, -0.15) is 10.1 Å². The molecule has 2 aromatic carbocycles. The van der Waals surface area contributed by atoms with Crippen molar-refractivity contribution in [1.82, 2.24) is 24.6 Å². The van der Waals surface area contributed by atoms with Crippen LogP contribution >= 0.6 is 0 Å². The summed E-state index contributed by atoms with van der Waals surface area (Å²) in [4.78, 5) is 12.2. The monoisotopic (exact) mass is 517 g/mol. The molecule has 10 nitrogen and oxygen atoms in total. The van der Waals surface area contributed by atoms with Crippen LogP contribution in [0.2, 0.25) is 0 Å². The van der Waals surface area contributed by atoms with Crippen LogP contribution in [0.3, 0.4) is 0 Å². The minimum atomic E-state index is 0.434. The number of hydrogen-bond acceptors (Lipinski definition) is 9. The maximum atomic E-state index is 6.50. The van der Waals surface area contributed by atoms with Gasteiger partial charge in [0.2, 0.25) is 5.95 Å². The number of morpholine rings is 1. The van der Waals surface area contributed by atoms with Crippen molar-refractivity contribution in [1.29, 1.82) is 0 Å². The topological polar surface area (TPSA) is 113 Å². The summed E-state index contributed by atoms with van der Waals surface area (Å²) in [5, 5.41) is 8.84. The summed E-state index contributed by atoms with van der Waals surface area (Å²) in [7, 11) is 1.65. The van der Waals surface area contributed by atoms with Crippen LogP contribution < -0.4 is 15.8 Å². The number of nitrogens with two attached hydrogens (primary N) is 1. The largest absolute Gasteiger partial charge is 0.491 e. The first kappa shape index (κ1) is 25.9. The highest BCUT2D eigenvalue weighted by atomic mass is 16.5. The molecule has 1 aliphatic heterocycles. The Morgan fingerprint density at radius 1 is 0.974 bits per heavy atom. The van der Waals surface area contributed by atoms with Gasteiger partial charge in [0.25, 0.3) is 0 Å². The normalized spacial score (nSPS) is 14.2. The molecule has 10 heteroatoms. The second kappa shape index (κ2) is 11.8. The number of aryl methyl sites for hydroxylation is 2. The highest BCUT2D eigenvalue weighted by molar-refractivity contribution is 6.00. The Hall–Kier alpha value is -3.73. The van der Waals surface area contributed by atoms with Gasteiger partial charge in [0.1, 0.15) is 12.4 Å². The van der Waals surface area contributed by atoms with Crippen LogP contribution in [0.1, 0.15) is 11.1 Å². The second-order valence-corrected chi connectivity index (χ2v) is 9.41. The summed E-state index contributed by atoms with van der Waals surface area (Å²) < 4.78 is 18.1. The van der Waals surface area contributed by atoms with Crippen molar-refractivity contribution in [3.8, 4) is 17.0 Å². The molecule has 2 aromatic heterocycles. The van der Waals surface area contributed by atoms with Gasteiger partial charge in [-0.05, 0) is 49.2 Å². The average molecular weight is 518 g/mol. The average Bonchev–Trinajstić information content (AvgIpc) is 3.24. The van der Waals surface area contributed by atoms with Gasteiger partial charge in [-0.1, -0.05) is 18.2 Å². The zero-order valence-corrected chi connectivity index (χ0v) is 22.2. The smallest absolute Gasteiger partial charge is 0.229 e. The number of methoxy groups -OCH3 is 1. The van der Waals surface area contributed by atoms with E-state index in [0.29, 0.717) is 37.2 Å². The van der Waals surface area contributed by atoms with Crippen molar-refractivity contribution in [3.63, 3.8) is 0 Å². The third kappa shape index (κ3) is 5.72. The molecule has 0 spiro atoms. The summed E-state index contributed by atoms with van der Waals surface area (Å²) in [5.74, 6) is 1.69. The zero-order valence-electron chi connectivity index (χ0n) is 22.2. The van der Waals surface area contributed by atoms with E-state index >= 15 is 0 Å². The Labute approximate surface area is 222 Å². The predicted octanol–water partition coefficient (Wildman–Crippen LogP) is 3.79. The molecule has 0 aliphatic carbocycles. The molecule has 0 radical (unpaired) electrons. The number of nitrogens with zero attached hydrogens (tertiary/aromatic N) is 5. The van der Waals surface area contributed by atoms with Crippen molar-refractivity contribution >= 4 is 28.5 Å². The van der Waals surface area contributed by atoms with Crippen LogP contribution in [0, 0.1) is 13.8 Å². The van der Waals surface area contributed by atoms with Gasteiger partial charge in [-0.3, -0.25) is 4.90 Å². The second-order valence-electron chi connectivity index (χ2n) is 9.41. The highest BCUT2D eigenvalue weighted by Crippen LogP contribution is 2.35. The van der Waals surface area contributed by atoms with Crippen LogP contribution in [-0.2, 0) is 16.0 Å². The third-order valence-electron chi connectivity index (χ3n) is 6.74. The van der Waals surface area contributed by atoms with Gasteiger partial charge in [-0.15, -0.1) is 0 Å². The minimum absolute atomic E-state index is 0.434. The molecule has 0 saturated carbocycles. The number of ether oxygens (including phenoxy) is 3. The lowest BCUT2D eigenvalue weighted by Gasteiger charge is -2.26. The summed E-state index contributed by atoms with van der Waals surface area (Å²) in [6, 6.07) is 13.9. The van der Waals surface area contributed by atoms with Gasteiger partial charge in [0.05, 0.1) is 37.4 Å². The number of hydrogen-bond donors (Lipinski definition) is 2. The molecule has 0 amide bonds. The van der Waals surface area contributed by atoms with Crippen LogP contribution in [-0.4, -0.2) is 77.8 Å². The molecule has 4 aromatic rings. The first-order valence-electron chi connectivity index (χ1n) is 12.9. The molecule has 0 atom stereocenters. The molecule has 1 aliphatic rings. The first-order chi connectivity index (χ1) is 18.5. The van der Waals surface area contributed by atoms with Gasteiger partial charge < -0.3 is 25.3 Å². The van der Waals surface area contributed by atoms with Crippen LogP contribution in [0.25, 0.3) is 22.3 Å². The van der Waals surface area contributed by atoms with E-state index in [1.807, 2.05) is 28.9 Å². The molecular weight excluding hydrogens is 482 g/mol. The Morgan fingerprint density at radius 3 is 2.42 bits per heavy atom. The molecule has 0 unspecified atom stereocenters. The van der Waals surface area contributed by atoms with E-state index in [4.69, 9.17) is 35.0 Å². The molecule has 0 bridgehead atoms. The number of rotatable bonds is 10. The van der Waals surface area contributed by atoms with Gasteiger partial charge >= 0.3 is 0 Å². The fraction of sp³-hybridized carbons (Fsp3) is 0.393. The van der Waals surface area contributed by atoms with Gasteiger partial charge in [0.15, 0.2) is 11.5 Å². The van der Waals surface area contributed by atoms with Crippen molar-refractivity contribution in [2.75, 3.05) is 64.2 Å². The SMILES string of the molecule is COCCOc1ccc(Nc2nc(-c3c(C)cccc3C)c3c(N)nn(CCN4CCOCC4)c3n2)cc1. The predicted molar refractivity (Wildman–Crippen MR) is 149 cm³/mol. The van der Waals surface area contributed by atoms with E-state index < -0.39 is 0 Å². The summed E-state index contributed by atoms with van der Waals surface area (Å²) in [5.41, 5.74) is 12.1. The number of fused-ring (bicyclic) bond motifs is 1. The number of benzene rings is 2. The van der Waals surface area contributed by atoms with Crippen molar-refractivity contribution in [2.45, 2.75) is 20.4 Å². The zero-order chi connectivity index (χ0) is 26.5. The standard InChI is InChI=1S/C28H35N7O3/c1-19-5-4-6-20(2)23(19)25-24-26(29)33-35(12-11-34-13-15-37-16-14-34)27(24)32-28(31-25)30-21-7-9-22(10-8-21)38-18-17-36-3/h4-10H,11-18H2,1-3H3,(H2,29,33)(H,30,31,32). The molecule has 38 heavy (non-hydrogen) atoms. The Balaban J connectivity index is 1.51. The van der Waals surface area contributed by atoms with E-state index in [2.05, 4.69) is 42.3 Å². The van der Waals surface area contributed by atoms with Crippen molar-refractivity contribution < 1.29 is 14.2 Å². The molecule has 3 N–H and O–H groups in total. The molecule has 200 valence electrons. The van der Waals surface area contributed by atoms with E-state index in [-0.39, 0.29) is 0 Å². The van der Waals surface area contributed by atoms with E-state index in [1.54, 1.807) is 7.11 Å². The summed E-state index contributed by atoms with van der Waals surface area (Å²) in [6.07, 6.45) is 0. The van der Waals surface area contributed by atoms with E-state index in [9.17, 15) is 0 Å². The van der Waals surface area contributed by atoms with Crippen molar-refractivity contribution in [2.24, 2.45) is 0 Å².